The lowest BCUT2D eigenvalue weighted by molar-refractivity contribution is 0.0733. The lowest BCUT2D eigenvalue weighted by Crippen LogP contribution is -2.36. The maximum atomic E-state index is 13.3. The van der Waals surface area contributed by atoms with Gasteiger partial charge in [-0.3, -0.25) is 4.79 Å². The Balaban J connectivity index is 1.70. The number of hydrogen-bond donors (Lipinski definition) is 0. The van der Waals surface area contributed by atoms with Crippen molar-refractivity contribution in [2.45, 2.75) is 13.0 Å². The van der Waals surface area contributed by atoms with Gasteiger partial charge in [0.2, 0.25) is 5.88 Å². The second kappa shape index (κ2) is 7.80. The molecule has 3 rings (SSSR count). The number of rotatable bonds is 5. The average molecular weight is 365 g/mol. The van der Waals surface area contributed by atoms with E-state index in [0.29, 0.717) is 44.2 Å². The van der Waals surface area contributed by atoms with E-state index in [9.17, 15) is 9.18 Å². The van der Waals surface area contributed by atoms with Crippen molar-refractivity contribution in [3.8, 4) is 5.88 Å². The summed E-state index contributed by atoms with van der Waals surface area (Å²) in [5.41, 5.74) is 2.28. The zero-order valence-corrected chi connectivity index (χ0v) is 14.6. The number of ether oxygens (including phenoxy) is 2. The number of pyridine rings is 1. The number of amides is 1. The molecule has 132 valence electrons. The van der Waals surface area contributed by atoms with Gasteiger partial charge in [-0.05, 0) is 23.8 Å². The van der Waals surface area contributed by atoms with Crippen LogP contribution in [0.3, 0.4) is 0 Å². The highest BCUT2D eigenvalue weighted by atomic mass is 35.5. The monoisotopic (exact) mass is 364 g/mol. The largest absolute Gasteiger partial charge is 0.475 e. The molecular formula is C18H18ClFN2O3. The molecule has 1 aromatic carbocycles. The minimum Gasteiger partial charge on any atom is -0.475 e. The first-order valence-electron chi connectivity index (χ1n) is 7.93. The molecular weight excluding hydrogens is 347 g/mol. The molecule has 25 heavy (non-hydrogen) atoms. The van der Waals surface area contributed by atoms with Crippen LogP contribution in [-0.4, -0.2) is 42.7 Å². The van der Waals surface area contributed by atoms with Crippen LogP contribution in [0.15, 0.2) is 30.3 Å². The Morgan fingerprint density at radius 1 is 1.32 bits per heavy atom. The van der Waals surface area contributed by atoms with Gasteiger partial charge in [0.25, 0.3) is 5.91 Å². The minimum atomic E-state index is -0.535. The van der Waals surface area contributed by atoms with E-state index in [2.05, 4.69) is 4.98 Å². The standard InChI is InChI=1S/C18H18ClFN2O3/c1-24-8-9-25-17-5-3-13-11-22(7-6-16(13)21-17)18(23)12-2-4-15(20)14(19)10-12/h2-5,10H,6-9,11H2,1H3. The summed E-state index contributed by atoms with van der Waals surface area (Å²) >= 11 is 5.77. The Hall–Kier alpha value is -2.18. The van der Waals surface area contributed by atoms with Crippen LogP contribution in [0.4, 0.5) is 4.39 Å². The quantitative estimate of drug-likeness (QED) is 0.765. The summed E-state index contributed by atoms with van der Waals surface area (Å²) in [7, 11) is 1.61. The lowest BCUT2D eigenvalue weighted by atomic mass is 10.0. The molecule has 0 spiro atoms. The number of halogens is 2. The van der Waals surface area contributed by atoms with Gasteiger partial charge in [0, 0.05) is 38.2 Å². The molecule has 0 N–H and O–H groups in total. The number of benzene rings is 1. The van der Waals surface area contributed by atoms with Gasteiger partial charge in [0.1, 0.15) is 12.4 Å². The summed E-state index contributed by atoms with van der Waals surface area (Å²) in [6.45, 7) is 1.93. The van der Waals surface area contributed by atoms with Crippen molar-refractivity contribution in [2.75, 3.05) is 26.9 Å². The molecule has 0 saturated carbocycles. The molecule has 0 atom stereocenters. The predicted octanol–water partition coefficient (Wildman–Crippen LogP) is 3.10. The van der Waals surface area contributed by atoms with Gasteiger partial charge in [-0.1, -0.05) is 17.7 Å². The zero-order valence-electron chi connectivity index (χ0n) is 13.8. The highest BCUT2D eigenvalue weighted by Crippen LogP contribution is 2.23. The van der Waals surface area contributed by atoms with Gasteiger partial charge in [0.05, 0.1) is 17.3 Å². The fourth-order valence-corrected chi connectivity index (χ4v) is 2.87. The highest BCUT2D eigenvalue weighted by molar-refractivity contribution is 6.31. The van der Waals surface area contributed by atoms with Gasteiger partial charge in [0.15, 0.2) is 0 Å². The third-order valence-electron chi connectivity index (χ3n) is 4.01. The van der Waals surface area contributed by atoms with Crippen LogP contribution in [0.25, 0.3) is 0 Å². The molecule has 7 heteroatoms. The summed E-state index contributed by atoms with van der Waals surface area (Å²) in [6, 6.07) is 7.72. The fourth-order valence-electron chi connectivity index (χ4n) is 2.69. The Kier molecular flexibility index (Phi) is 5.50. The Labute approximate surface area is 150 Å². The third kappa shape index (κ3) is 4.08. The van der Waals surface area contributed by atoms with E-state index < -0.39 is 5.82 Å². The first kappa shape index (κ1) is 17.6. The molecule has 0 saturated heterocycles. The second-order valence-electron chi connectivity index (χ2n) is 5.70. The third-order valence-corrected chi connectivity index (χ3v) is 4.30. The van der Waals surface area contributed by atoms with E-state index >= 15 is 0 Å². The summed E-state index contributed by atoms with van der Waals surface area (Å²) in [4.78, 5) is 18.8. The van der Waals surface area contributed by atoms with Crippen LogP contribution in [0, 0.1) is 5.82 Å². The molecule has 2 heterocycles. The number of carbonyl (C=O) groups excluding carboxylic acids is 1. The number of aromatic nitrogens is 1. The minimum absolute atomic E-state index is 0.0530. The Morgan fingerprint density at radius 2 is 2.16 bits per heavy atom. The second-order valence-corrected chi connectivity index (χ2v) is 6.11. The van der Waals surface area contributed by atoms with E-state index in [-0.39, 0.29) is 10.9 Å². The molecule has 0 bridgehead atoms. The van der Waals surface area contributed by atoms with Crippen LogP contribution < -0.4 is 4.74 Å². The molecule has 0 fully saturated rings. The van der Waals surface area contributed by atoms with Crippen molar-refractivity contribution in [1.29, 1.82) is 0 Å². The number of carbonyl (C=O) groups is 1. The zero-order chi connectivity index (χ0) is 17.8. The van der Waals surface area contributed by atoms with Crippen molar-refractivity contribution in [3.05, 3.63) is 58.0 Å². The highest BCUT2D eigenvalue weighted by Gasteiger charge is 2.23. The van der Waals surface area contributed by atoms with Crippen molar-refractivity contribution >= 4 is 17.5 Å². The normalized spacial score (nSPS) is 13.5. The lowest BCUT2D eigenvalue weighted by Gasteiger charge is -2.28. The Bertz CT molecular complexity index is 785. The molecule has 1 aliphatic rings. The van der Waals surface area contributed by atoms with Crippen LogP contribution in [0.1, 0.15) is 21.6 Å². The van der Waals surface area contributed by atoms with E-state index in [1.807, 2.05) is 6.07 Å². The van der Waals surface area contributed by atoms with E-state index in [1.165, 1.54) is 18.2 Å². The maximum absolute atomic E-state index is 13.3. The summed E-state index contributed by atoms with van der Waals surface area (Å²) in [5, 5.41) is -0.0530. The number of nitrogens with zero attached hydrogens (tertiary/aromatic N) is 2. The summed E-state index contributed by atoms with van der Waals surface area (Å²) in [5.74, 6) is -0.152. The topological polar surface area (TPSA) is 51.7 Å². The molecule has 1 aromatic heterocycles. The van der Waals surface area contributed by atoms with Gasteiger partial charge in [-0.25, -0.2) is 9.37 Å². The smallest absolute Gasteiger partial charge is 0.254 e. The van der Waals surface area contributed by atoms with Crippen molar-refractivity contribution in [1.82, 2.24) is 9.88 Å². The predicted molar refractivity (Wildman–Crippen MR) is 91.5 cm³/mol. The van der Waals surface area contributed by atoms with Crippen LogP contribution in [0.5, 0.6) is 5.88 Å². The Morgan fingerprint density at radius 3 is 2.92 bits per heavy atom. The first-order chi connectivity index (χ1) is 12.1. The van der Waals surface area contributed by atoms with Crippen molar-refractivity contribution in [3.63, 3.8) is 0 Å². The van der Waals surface area contributed by atoms with E-state index in [4.69, 9.17) is 21.1 Å². The molecule has 1 aliphatic heterocycles. The van der Waals surface area contributed by atoms with E-state index in [0.717, 1.165) is 11.3 Å². The average Bonchev–Trinajstić information content (AvgIpc) is 2.63. The molecule has 0 radical (unpaired) electrons. The van der Waals surface area contributed by atoms with E-state index in [1.54, 1.807) is 18.1 Å². The van der Waals surface area contributed by atoms with Gasteiger partial charge < -0.3 is 14.4 Å². The molecule has 0 aliphatic carbocycles. The fraction of sp³-hybridized carbons (Fsp3) is 0.333. The number of fused-ring (bicyclic) bond motifs is 1. The molecule has 2 aromatic rings. The van der Waals surface area contributed by atoms with Crippen LogP contribution in [0.2, 0.25) is 5.02 Å². The first-order valence-corrected chi connectivity index (χ1v) is 8.31. The maximum Gasteiger partial charge on any atom is 0.254 e. The molecule has 5 nitrogen and oxygen atoms in total. The van der Waals surface area contributed by atoms with Gasteiger partial charge in [-0.2, -0.15) is 0 Å². The number of hydrogen-bond acceptors (Lipinski definition) is 4. The SMILES string of the molecule is COCCOc1ccc2c(n1)CCN(C(=O)c1ccc(F)c(Cl)c1)C2. The van der Waals surface area contributed by atoms with Crippen molar-refractivity contribution in [2.24, 2.45) is 0 Å². The van der Waals surface area contributed by atoms with Crippen LogP contribution >= 0.6 is 11.6 Å². The van der Waals surface area contributed by atoms with Crippen molar-refractivity contribution < 1.29 is 18.7 Å². The molecule has 1 amide bonds. The number of methoxy groups -OCH3 is 1. The van der Waals surface area contributed by atoms with Crippen LogP contribution in [-0.2, 0) is 17.7 Å². The van der Waals surface area contributed by atoms with Gasteiger partial charge in [-0.15, -0.1) is 0 Å². The summed E-state index contributed by atoms with van der Waals surface area (Å²) in [6.07, 6.45) is 0.636. The molecule has 0 unspecified atom stereocenters. The summed E-state index contributed by atoms with van der Waals surface area (Å²) < 4.78 is 23.7. The van der Waals surface area contributed by atoms with Gasteiger partial charge >= 0.3 is 0 Å².